The number of benzene rings is 3. The first-order valence-corrected chi connectivity index (χ1v) is 12.9. The Balaban J connectivity index is 1.87. The lowest BCUT2D eigenvalue weighted by molar-refractivity contribution is 0.0791. The molecule has 0 aliphatic carbocycles. The zero-order valence-electron chi connectivity index (χ0n) is 20.9. The maximum absolute atomic E-state index is 13.9. The van der Waals surface area contributed by atoms with E-state index in [0.717, 1.165) is 4.57 Å². The van der Waals surface area contributed by atoms with Gasteiger partial charge in [-0.3, -0.25) is 23.3 Å². The molecule has 0 bridgehead atoms. The summed E-state index contributed by atoms with van der Waals surface area (Å²) in [6.45, 7) is -1.12. The molecular formula is C28H23Cl2N5O5. The second-order valence-electron chi connectivity index (χ2n) is 9.08. The molecule has 10 nitrogen and oxygen atoms in total. The topological polar surface area (TPSA) is 145 Å². The van der Waals surface area contributed by atoms with Gasteiger partial charge in [-0.1, -0.05) is 47.5 Å². The Kier molecular flexibility index (Phi) is 7.59. The Morgan fingerprint density at radius 2 is 1.62 bits per heavy atom. The maximum Gasteiger partial charge on any atom is 0.333 e. The van der Waals surface area contributed by atoms with E-state index in [-0.39, 0.29) is 17.7 Å². The Bertz CT molecular complexity index is 1840. The van der Waals surface area contributed by atoms with Gasteiger partial charge in [-0.05, 0) is 54.1 Å². The van der Waals surface area contributed by atoms with Crippen LogP contribution in [0.5, 0.6) is 0 Å². The molecule has 5 rings (SSSR count). The summed E-state index contributed by atoms with van der Waals surface area (Å²) in [5.41, 5.74) is 6.00. The summed E-state index contributed by atoms with van der Waals surface area (Å²) < 4.78 is 3.75. The van der Waals surface area contributed by atoms with Gasteiger partial charge in [0.05, 0.1) is 30.8 Å². The van der Waals surface area contributed by atoms with Crippen LogP contribution in [0.15, 0.2) is 82.4 Å². The first-order valence-electron chi connectivity index (χ1n) is 12.1. The van der Waals surface area contributed by atoms with Crippen molar-refractivity contribution in [2.75, 3.05) is 6.61 Å². The number of aliphatic hydroxyl groups is 2. The third-order valence-electron chi connectivity index (χ3n) is 6.41. The van der Waals surface area contributed by atoms with Gasteiger partial charge in [-0.25, -0.2) is 9.78 Å². The number of nitrogens with zero attached hydrogens (tertiary/aromatic N) is 4. The number of hydrogen-bond donors (Lipinski definition) is 3. The molecule has 12 heteroatoms. The van der Waals surface area contributed by atoms with E-state index in [1.165, 1.54) is 16.7 Å². The van der Waals surface area contributed by atoms with Crippen LogP contribution in [0.1, 0.15) is 15.9 Å². The van der Waals surface area contributed by atoms with Crippen molar-refractivity contribution in [1.29, 1.82) is 0 Å². The van der Waals surface area contributed by atoms with E-state index in [1.807, 2.05) is 0 Å². The highest BCUT2D eigenvalue weighted by molar-refractivity contribution is 6.33. The average molecular weight is 580 g/mol. The summed E-state index contributed by atoms with van der Waals surface area (Å²) in [5, 5.41) is 20.5. The van der Waals surface area contributed by atoms with Crippen molar-refractivity contribution in [3.8, 4) is 17.1 Å². The Hall–Kier alpha value is -4.22. The number of rotatable bonds is 8. The van der Waals surface area contributed by atoms with Gasteiger partial charge < -0.3 is 15.9 Å². The smallest absolute Gasteiger partial charge is 0.333 e. The summed E-state index contributed by atoms with van der Waals surface area (Å²) in [6, 6.07) is 20.0. The van der Waals surface area contributed by atoms with Gasteiger partial charge in [-0.2, -0.15) is 0 Å². The number of nitrogens with two attached hydrogens (primary N) is 1. The van der Waals surface area contributed by atoms with Gasteiger partial charge in [0.15, 0.2) is 11.2 Å². The number of imidazole rings is 1. The Morgan fingerprint density at radius 1 is 0.950 bits per heavy atom. The molecule has 0 saturated heterocycles. The molecule has 3 aromatic carbocycles. The molecule has 1 atom stereocenters. The number of aromatic nitrogens is 4. The van der Waals surface area contributed by atoms with Crippen LogP contribution in [0, 0.1) is 0 Å². The summed E-state index contributed by atoms with van der Waals surface area (Å²) in [5.74, 6) is -0.290. The number of hydrogen-bond acceptors (Lipinski definition) is 6. The lowest BCUT2D eigenvalue weighted by atomic mass is 10.1. The van der Waals surface area contributed by atoms with Crippen molar-refractivity contribution < 1.29 is 15.0 Å². The minimum absolute atomic E-state index is 0.0243. The molecular weight excluding hydrogens is 557 g/mol. The predicted octanol–water partition coefficient (Wildman–Crippen LogP) is 2.82. The largest absolute Gasteiger partial charge is 0.394 e. The zero-order chi connectivity index (χ0) is 28.6. The molecule has 2 aromatic heterocycles. The second-order valence-corrected chi connectivity index (χ2v) is 9.92. The minimum atomic E-state index is -1.36. The third kappa shape index (κ3) is 5.05. The Morgan fingerprint density at radius 3 is 2.25 bits per heavy atom. The molecule has 0 radical (unpaired) electrons. The van der Waals surface area contributed by atoms with Crippen LogP contribution >= 0.6 is 23.2 Å². The van der Waals surface area contributed by atoms with Gasteiger partial charge in [0.1, 0.15) is 5.82 Å². The number of halogens is 2. The van der Waals surface area contributed by atoms with Crippen molar-refractivity contribution in [2.45, 2.75) is 19.2 Å². The van der Waals surface area contributed by atoms with E-state index in [1.54, 1.807) is 65.2 Å². The molecule has 0 saturated carbocycles. The fourth-order valence-corrected chi connectivity index (χ4v) is 4.78. The third-order valence-corrected chi connectivity index (χ3v) is 6.99. The van der Waals surface area contributed by atoms with Crippen molar-refractivity contribution >= 4 is 40.3 Å². The van der Waals surface area contributed by atoms with Crippen LogP contribution in [-0.4, -0.2) is 47.5 Å². The first kappa shape index (κ1) is 27.4. The predicted molar refractivity (Wildman–Crippen MR) is 152 cm³/mol. The van der Waals surface area contributed by atoms with Crippen LogP contribution < -0.4 is 17.0 Å². The summed E-state index contributed by atoms with van der Waals surface area (Å²) >= 11 is 12.7. The number of carbonyl (C=O) groups is 1. The van der Waals surface area contributed by atoms with E-state index >= 15 is 0 Å². The fraction of sp³-hybridized carbons (Fsp3) is 0.143. The quantitative estimate of drug-likeness (QED) is 0.258. The number of fused-ring (bicyclic) bond motifs is 1. The summed E-state index contributed by atoms with van der Waals surface area (Å²) in [6.07, 6.45) is -1.36. The van der Waals surface area contributed by atoms with Crippen LogP contribution in [0.2, 0.25) is 10.0 Å². The van der Waals surface area contributed by atoms with Gasteiger partial charge in [0.2, 0.25) is 5.91 Å². The number of carbonyl (C=O) groups excluding carboxylic acids is 1. The highest BCUT2D eigenvalue weighted by atomic mass is 35.5. The molecule has 0 aliphatic rings. The monoisotopic (exact) mass is 579 g/mol. The molecule has 2 heterocycles. The van der Waals surface area contributed by atoms with E-state index in [4.69, 9.17) is 33.9 Å². The number of amides is 1. The van der Waals surface area contributed by atoms with Crippen molar-refractivity contribution in [3.63, 3.8) is 0 Å². The average Bonchev–Trinajstić information content (AvgIpc) is 3.34. The normalized spacial score (nSPS) is 12.1. The molecule has 4 N–H and O–H groups in total. The SMILES string of the molecule is NC(=O)c1ccc(Cn2c(=O)n(CC(O)CO)c(=O)c3c2nc(-c2ccccc2Cl)n3-c2ccc(Cl)cc2)cc1. The zero-order valence-corrected chi connectivity index (χ0v) is 22.4. The standard InChI is InChI=1S/C28H23Cl2N5O5/c29-18-9-11-19(12-10-18)35-23-26(32-25(35)21-3-1-2-4-22(21)30)33(13-16-5-7-17(8-6-16)24(31)38)28(40)34(27(23)39)14-20(37)15-36/h1-12,20,36-37H,13-15H2,(H2,31,38). The molecule has 1 amide bonds. The van der Waals surface area contributed by atoms with Crippen molar-refractivity contribution in [3.05, 3.63) is 115 Å². The van der Waals surface area contributed by atoms with Gasteiger partial charge in [0.25, 0.3) is 5.56 Å². The molecule has 5 aromatic rings. The summed E-state index contributed by atoms with van der Waals surface area (Å²) in [4.78, 5) is 43.9. The van der Waals surface area contributed by atoms with Gasteiger partial charge >= 0.3 is 5.69 Å². The Labute approximate surface area is 237 Å². The van der Waals surface area contributed by atoms with E-state index in [9.17, 15) is 24.6 Å². The molecule has 0 fully saturated rings. The highest BCUT2D eigenvalue weighted by Crippen LogP contribution is 2.32. The fourth-order valence-electron chi connectivity index (χ4n) is 4.43. The number of aliphatic hydroxyl groups excluding tert-OH is 2. The summed E-state index contributed by atoms with van der Waals surface area (Å²) in [7, 11) is 0. The lowest BCUT2D eigenvalue weighted by Gasteiger charge is -2.15. The maximum atomic E-state index is 13.9. The second kappa shape index (κ2) is 11.1. The molecule has 204 valence electrons. The van der Waals surface area contributed by atoms with Gasteiger partial charge in [-0.15, -0.1) is 0 Å². The van der Waals surface area contributed by atoms with Crippen LogP contribution in [0.4, 0.5) is 0 Å². The van der Waals surface area contributed by atoms with Crippen molar-refractivity contribution in [2.24, 2.45) is 5.73 Å². The first-order chi connectivity index (χ1) is 19.2. The van der Waals surface area contributed by atoms with E-state index in [2.05, 4.69) is 0 Å². The highest BCUT2D eigenvalue weighted by Gasteiger charge is 2.25. The van der Waals surface area contributed by atoms with E-state index < -0.39 is 36.4 Å². The molecule has 1 unspecified atom stereocenters. The molecule has 0 aliphatic heterocycles. The van der Waals surface area contributed by atoms with Crippen LogP contribution in [-0.2, 0) is 13.1 Å². The van der Waals surface area contributed by atoms with E-state index in [0.29, 0.717) is 38.2 Å². The van der Waals surface area contributed by atoms with Gasteiger partial charge in [0, 0.05) is 21.8 Å². The molecule has 40 heavy (non-hydrogen) atoms. The lowest BCUT2D eigenvalue weighted by Crippen LogP contribution is -2.43. The van der Waals surface area contributed by atoms with Crippen LogP contribution in [0.3, 0.4) is 0 Å². The van der Waals surface area contributed by atoms with Crippen LogP contribution in [0.25, 0.3) is 28.2 Å². The molecule has 0 spiro atoms. The number of primary amides is 1. The minimum Gasteiger partial charge on any atom is -0.394 e. The van der Waals surface area contributed by atoms with Crippen molar-refractivity contribution in [1.82, 2.24) is 18.7 Å².